The minimum atomic E-state index is -0.498. The molecule has 0 saturated heterocycles. The Kier molecular flexibility index (Phi) is 5.83. The Morgan fingerprint density at radius 1 is 1.35 bits per heavy atom. The van der Waals surface area contributed by atoms with Crippen LogP contribution in [0.25, 0.3) is 0 Å². The average molecular weight is 279 g/mol. The fraction of sp³-hybridized carbons (Fsp3) is 0.429. The van der Waals surface area contributed by atoms with Crippen LogP contribution < -0.4 is 16.4 Å². The standard InChI is InChI=1S/C14H21N3O3/c1-9(2)7-16-12(18)8-17-13-10(14(19)20-3)5-4-6-11(13)15/h4-6,9,17H,7-8,15H2,1-3H3,(H,16,18). The fourth-order valence-corrected chi connectivity index (χ4v) is 1.60. The third-order valence-corrected chi connectivity index (χ3v) is 2.64. The molecular weight excluding hydrogens is 258 g/mol. The topological polar surface area (TPSA) is 93.4 Å². The summed E-state index contributed by atoms with van der Waals surface area (Å²) in [5.41, 5.74) is 6.94. The number of nitrogens with two attached hydrogens (primary N) is 1. The second kappa shape index (κ2) is 7.37. The molecule has 0 fully saturated rings. The summed E-state index contributed by atoms with van der Waals surface area (Å²) in [5, 5.41) is 5.66. The minimum absolute atomic E-state index is 0.0466. The maximum absolute atomic E-state index is 11.7. The van der Waals surface area contributed by atoms with Gasteiger partial charge in [-0.25, -0.2) is 4.79 Å². The lowest BCUT2D eigenvalue weighted by Gasteiger charge is -2.13. The molecule has 0 unspecified atom stereocenters. The van der Waals surface area contributed by atoms with Crippen LogP contribution in [0.15, 0.2) is 18.2 Å². The number of anilines is 2. The fourth-order valence-electron chi connectivity index (χ4n) is 1.60. The Balaban J connectivity index is 2.72. The van der Waals surface area contributed by atoms with E-state index >= 15 is 0 Å². The Labute approximate surface area is 118 Å². The van der Waals surface area contributed by atoms with Crippen molar-refractivity contribution in [3.05, 3.63) is 23.8 Å². The number of benzene rings is 1. The van der Waals surface area contributed by atoms with Crippen LogP contribution in [-0.4, -0.2) is 32.1 Å². The zero-order valence-electron chi connectivity index (χ0n) is 12.0. The van der Waals surface area contributed by atoms with E-state index in [2.05, 4.69) is 15.4 Å². The normalized spacial score (nSPS) is 10.2. The lowest BCUT2D eigenvalue weighted by molar-refractivity contribution is -0.119. The first-order valence-electron chi connectivity index (χ1n) is 6.43. The smallest absolute Gasteiger partial charge is 0.340 e. The van der Waals surface area contributed by atoms with Crippen molar-refractivity contribution in [3.8, 4) is 0 Å². The van der Waals surface area contributed by atoms with E-state index in [4.69, 9.17) is 5.73 Å². The third-order valence-electron chi connectivity index (χ3n) is 2.64. The molecule has 0 atom stereocenters. The van der Waals surface area contributed by atoms with Gasteiger partial charge in [0, 0.05) is 6.54 Å². The maximum Gasteiger partial charge on any atom is 0.340 e. The molecule has 20 heavy (non-hydrogen) atoms. The molecule has 0 bridgehead atoms. The van der Waals surface area contributed by atoms with Gasteiger partial charge in [0.1, 0.15) is 0 Å². The predicted molar refractivity (Wildman–Crippen MR) is 78.5 cm³/mol. The molecule has 1 aromatic rings. The highest BCUT2D eigenvalue weighted by atomic mass is 16.5. The van der Waals surface area contributed by atoms with Crippen LogP contribution in [0.5, 0.6) is 0 Å². The van der Waals surface area contributed by atoms with Gasteiger partial charge in [-0.3, -0.25) is 4.79 Å². The van der Waals surface area contributed by atoms with Crippen LogP contribution in [0.1, 0.15) is 24.2 Å². The highest BCUT2D eigenvalue weighted by molar-refractivity contribution is 5.99. The number of ether oxygens (including phenoxy) is 1. The molecule has 110 valence electrons. The number of para-hydroxylation sites is 1. The van der Waals surface area contributed by atoms with E-state index in [1.807, 2.05) is 13.8 Å². The average Bonchev–Trinajstić information content (AvgIpc) is 2.42. The molecule has 6 nitrogen and oxygen atoms in total. The molecule has 0 aliphatic carbocycles. The van der Waals surface area contributed by atoms with E-state index in [1.54, 1.807) is 18.2 Å². The van der Waals surface area contributed by atoms with Crippen LogP contribution in [0.4, 0.5) is 11.4 Å². The van der Waals surface area contributed by atoms with Gasteiger partial charge in [0.05, 0.1) is 30.6 Å². The van der Waals surface area contributed by atoms with Crippen LogP contribution in [0.2, 0.25) is 0 Å². The van der Waals surface area contributed by atoms with Crippen molar-refractivity contribution < 1.29 is 14.3 Å². The molecule has 1 rings (SSSR count). The van der Waals surface area contributed by atoms with Gasteiger partial charge in [-0.1, -0.05) is 19.9 Å². The second-order valence-corrected chi connectivity index (χ2v) is 4.81. The predicted octanol–water partition coefficient (Wildman–Crippen LogP) is 1.24. The van der Waals surface area contributed by atoms with Crippen molar-refractivity contribution in [2.45, 2.75) is 13.8 Å². The van der Waals surface area contributed by atoms with Crippen LogP contribution in [0.3, 0.4) is 0 Å². The van der Waals surface area contributed by atoms with Crippen molar-refractivity contribution in [2.24, 2.45) is 5.92 Å². The first-order chi connectivity index (χ1) is 9.45. The molecular formula is C14H21N3O3. The van der Waals surface area contributed by atoms with Crippen LogP contribution in [0, 0.1) is 5.92 Å². The second-order valence-electron chi connectivity index (χ2n) is 4.81. The molecule has 1 aromatic carbocycles. The van der Waals surface area contributed by atoms with Crippen molar-refractivity contribution in [3.63, 3.8) is 0 Å². The molecule has 0 saturated carbocycles. The summed E-state index contributed by atoms with van der Waals surface area (Å²) < 4.78 is 4.68. The van der Waals surface area contributed by atoms with E-state index < -0.39 is 5.97 Å². The summed E-state index contributed by atoms with van der Waals surface area (Å²) in [5.74, 6) is -0.272. The van der Waals surface area contributed by atoms with Crippen molar-refractivity contribution in [2.75, 3.05) is 31.2 Å². The SMILES string of the molecule is COC(=O)c1cccc(N)c1NCC(=O)NCC(C)C. The van der Waals surface area contributed by atoms with Crippen molar-refractivity contribution >= 4 is 23.3 Å². The summed E-state index contributed by atoms with van der Waals surface area (Å²) in [6.45, 7) is 4.68. The monoisotopic (exact) mass is 279 g/mol. The summed E-state index contributed by atoms with van der Waals surface area (Å²) in [6, 6.07) is 4.91. The summed E-state index contributed by atoms with van der Waals surface area (Å²) in [4.78, 5) is 23.3. The molecule has 6 heteroatoms. The Bertz CT molecular complexity index is 487. The molecule has 0 heterocycles. The molecule has 0 aliphatic heterocycles. The van der Waals surface area contributed by atoms with Crippen LogP contribution >= 0.6 is 0 Å². The molecule has 4 N–H and O–H groups in total. The number of hydrogen-bond acceptors (Lipinski definition) is 5. The Morgan fingerprint density at radius 2 is 2.05 bits per heavy atom. The first-order valence-corrected chi connectivity index (χ1v) is 6.43. The minimum Gasteiger partial charge on any atom is -0.465 e. The molecule has 0 aromatic heterocycles. The Morgan fingerprint density at radius 3 is 2.65 bits per heavy atom. The number of hydrogen-bond donors (Lipinski definition) is 3. The van der Waals surface area contributed by atoms with Gasteiger partial charge in [0.15, 0.2) is 0 Å². The zero-order valence-corrected chi connectivity index (χ0v) is 12.0. The number of methoxy groups -OCH3 is 1. The van der Waals surface area contributed by atoms with Gasteiger partial charge in [-0.2, -0.15) is 0 Å². The molecule has 0 aliphatic rings. The van der Waals surface area contributed by atoms with Gasteiger partial charge in [-0.05, 0) is 18.1 Å². The lowest BCUT2D eigenvalue weighted by atomic mass is 10.1. The van der Waals surface area contributed by atoms with Crippen molar-refractivity contribution in [1.29, 1.82) is 0 Å². The number of rotatable bonds is 6. The van der Waals surface area contributed by atoms with E-state index in [-0.39, 0.29) is 12.5 Å². The molecule has 0 radical (unpaired) electrons. The number of carbonyl (C=O) groups excluding carboxylic acids is 2. The Hall–Kier alpha value is -2.24. The quantitative estimate of drug-likeness (QED) is 0.538. The van der Waals surface area contributed by atoms with E-state index in [1.165, 1.54) is 7.11 Å². The van der Waals surface area contributed by atoms with E-state index in [0.717, 1.165) is 0 Å². The first kappa shape index (κ1) is 15.8. The maximum atomic E-state index is 11.7. The van der Waals surface area contributed by atoms with E-state index in [0.29, 0.717) is 29.4 Å². The zero-order chi connectivity index (χ0) is 15.1. The third kappa shape index (κ3) is 4.46. The van der Waals surface area contributed by atoms with Gasteiger partial charge >= 0.3 is 5.97 Å². The number of amides is 1. The number of carbonyl (C=O) groups is 2. The number of nitrogen functional groups attached to an aromatic ring is 1. The van der Waals surface area contributed by atoms with Gasteiger partial charge in [0.2, 0.25) is 5.91 Å². The van der Waals surface area contributed by atoms with Crippen LogP contribution in [-0.2, 0) is 9.53 Å². The number of esters is 1. The van der Waals surface area contributed by atoms with Gasteiger partial charge in [0.25, 0.3) is 0 Å². The van der Waals surface area contributed by atoms with Gasteiger partial charge in [-0.15, -0.1) is 0 Å². The highest BCUT2D eigenvalue weighted by Crippen LogP contribution is 2.23. The number of nitrogens with one attached hydrogen (secondary N) is 2. The highest BCUT2D eigenvalue weighted by Gasteiger charge is 2.14. The lowest BCUT2D eigenvalue weighted by Crippen LogP contribution is -2.33. The molecule has 1 amide bonds. The molecule has 0 spiro atoms. The summed E-state index contributed by atoms with van der Waals surface area (Å²) in [7, 11) is 1.30. The van der Waals surface area contributed by atoms with Gasteiger partial charge < -0.3 is 21.1 Å². The van der Waals surface area contributed by atoms with E-state index in [9.17, 15) is 9.59 Å². The summed E-state index contributed by atoms with van der Waals surface area (Å²) >= 11 is 0. The van der Waals surface area contributed by atoms with Crippen molar-refractivity contribution in [1.82, 2.24) is 5.32 Å². The summed E-state index contributed by atoms with van der Waals surface area (Å²) in [6.07, 6.45) is 0. The largest absolute Gasteiger partial charge is 0.465 e.